The molecule has 0 aliphatic carbocycles. The number of ether oxygens (including phenoxy) is 1. The second kappa shape index (κ2) is 11.7. The lowest BCUT2D eigenvalue weighted by Gasteiger charge is -2.24. The predicted molar refractivity (Wildman–Crippen MR) is 85.8 cm³/mol. The molecule has 0 saturated carbocycles. The van der Waals surface area contributed by atoms with Gasteiger partial charge in [0.05, 0.1) is 12.2 Å². The Labute approximate surface area is 121 Å². The van der Waals surface area contributed by atoms with Crippen LogP contribution in [0.3, 0.4) is 0 Å². The van der Waals surface area contributed by atoms with Gasteiger partial charge < -0.3 is 10.1 Å². The van der Waals surface area contributed by atoms with Crippen LogP contribution in [0.4, 0.5) is 0 Å². The van der Waals surface area contributed by atoms with Crippen LogP contribution >= 0.6 is 0 Å². The summed E-state index contributed by atoms with van der Waals surface area (Å²) in [7, 11) is 2.04. The highest BCUT2D eigenvalue weighted by atomic mass is 16.5. The molecule has 0 aliphatic heterocycles. The zero-order valence-corrected chi connectivity index (χ0v) is 14.1. The van der Waals surface area contributed by atoms with Crippen molar-refractivity contribution in [2.75, 3.05) is 13.7 Å². The van der Waals surface area contributed by atoms with Crippen LogP contribution in [-0.2, 0) is 4.74 Å². The minimum Gasteiger partial charge on any atom is -0.374 e. The highest BCUT2D eigenvalue weighted by Crippen LogP contribution is 2.12. The van der Waals surface area contributed by atoms with Gasteiger partial charge in [0.15, 0.2) is 0 Å². The summed E-state index contributed by atoms with van der Waals surface area (Å²) in [5, 5.41) is 3.37. The van der Waals surface area contributed by atoms with E-state index in [0.717, 1.165) is 6.61 Å². The average molecular weight is 271 g/mol. The molecular weight excluding hydrogens is 234 g/mol. The molecule has 0 aliphatic rings. The van der Waals surface area contributed by atoms with Gasteiger partial charge in [0.1, 0.15) is 0 Å². The Morgan fingerprint density at radius 2 is 1.42 bits per heavy atom. The number of hydrogen-bond acceptors (Lipinski definition) is 2. The van der Waals surface area contributed by atoms with E-state index in [4.69, 9.17) is 4.74 Å². The first-order chi connectivity index (χ1) is 8.99. The maximum atomic E-state index is 5.84. The summed E-state index contributed by atoms with van der Waals surface area (Å²) in [6.45, 7) is 9.47. The fraction of sp³-hybridized carbons (Fsp3) is 1.00. The summed E-state index contributed by atoms with van der Waals surface area (Å²) >= 11 is 0. The highest BCUT2D eigenvalue weighted by Gasteiger charge is 2.13. The monoisotopic (exact) mass is 271 g/mol. The Balaban J connectivity index is 3.41. The van der Waals surface area contributed by atoms with Crippen LogP contribution in [0.1, 0.15) is 85.5 Å². The molecule has 0 aromatic carbocycles. The van der Waals surface area contributed by atoms with Gasteiger partial charge in [0.25, 0.3) is 0 Å². The molecule has 0 rings (SSSR count). The third-order valence-corrected chi connectivity index (χ3v) is 3.53. The lowest BCUT2D eigenvalue weighted by Crippen LogP contribution is -2.34. The molecule has 19 heavy (non-hydrogen) atoms. The van der Waals surface area contributed by atoms with E-state index in [2.05, 4.69) is 33.0 Å². The summed E-state index contributed by atoms with van der Waals surface area (Å²) < 4.78 is 5.84. The summed E-state index contributed by atoms with van der Waals surface area (Å²) in [6.07, 6.45) is 12.4. The summed E-state index contributed by atoms with van der Waals surface area (Å²) in [5.41, 5.74) is -0.0195. The van der Waals surface area contributed by atoms with E-state index in [1.54, 1.807) is 0 Å². The molecule has 0 spiro atoms. The zero-order chi connectivity index (χ0) is 14.6. The van der Waals surface area contributed by atoms with Crippen molar-refractivity contribution in [2.45, 2.75) is 97.1 Å². The minimum absolute atomic E-state index is 0.0195. The number of hydrogen-bond donors (Lipinski definition) is 1. The topological polar surface area (TPSA) is 21.3 Å². The van der Waals surface area contributed by atoms with Crippen LogP contribution < -0.4 is 5.32 Å². The Hall–Kier alpha value is -0.0800. The molecule has 116 valence electrons. The van der Waals surface area contributed by atoms with Crippen molar-refractivity contribution in [3.8, 4) is 0 Å². The first kappa shape index (κ1) is 18.9. The normalized spacial score (nSPS) is 13.7. The van der Waals surface area contributed by atoms with Gasteiger partial charge in [-0.05, 0) is 34.2 Å². The average Bonchev–Trinajstić information content (AvgIpc) is 2.35. The molecule has 0 heterocycles. The van der Waals surface area contributed by atoms with E-state index in [0.29, 0.717) is 6.04 Å². The third kappa shape index (κ3) is 14.1. The molecule has 1 unspecified atom stereocenters. The van der Waals surface area contributed by atoms with Crippen LogP contribution in [-0.4, -0.2) is 25.3 Å². The van der Waals surface area contributed by atoms with Crippen molar-refractivity contribution in [1.29, 1.82) is 0 Å². The first-order valence-corrected chi connectivity index (χ1v) is 8.31. The van der Waals surface area contributed by atoms with Crippen LogP contribution in [0, 0.1) is 0 Å². The minimum atomic E-state index is -0.0195. The number of rotatable bonds is 12. The standard InChI is InChI=1S/C17H37NO/c1-6-7-8-9-10-11-12-13-14-16(18-5)15-19-17(2,3)4/h16,18H,6-15H2,1-5H3. The van der Waals surface area contributed by atoms with E-state index in [1.807, 2.05) is 7.05 Å². The fourth-order valence-electron chi connectivity index (χ4n) is 2.19. The Bertz CT molecular complexity index is 186. The zero-order valence-electron chi connectivity index (χ0n) is 14.1. The third-order valence-electron chi connectivity index (χ3n) is 3.53. The second-order valence-electron chi connectivity index (χ2n) is 6.67. The van der Waals surface area contributed by atoms with Crippen LogP contribution in [0.5, 0.6) is 0 Å². The van der Waals surface area contributed by atoms with E-state index < -0.39 is 0 Å². The summed E-state index contributed by atoms with van der Waals surface area (Å²) in [5.74, 6) is 0. The van der Waals surface area contributed by atoms with E-state index in [1.165, 1.54) is 57.8 Å². The van der Waals surface area contributed by atoms with Crippen molar-refractivity contribution >= 4 is 0 Å². The van der Waals surface area contributed by atoms with Crippen molar-refractivity contribution in [2.24, 2.45) is 0 Å². The summed E-state index contributed by atoms with van der Waals surface area (Å²) in [4.78, 5) is 0. The maximum Gasteiger partial charge on any atom is 0.0626 e. The fourth-order valence-corrected chi connectivity index (χ4v) is 2.19. The van der Waals surface area contributed by atoms with Gasteiger partial charge in [-0.25, -0.2) is 0 Å². The SMILES string of the molecule is CCCCCCCCCCC(COC(C)(C)C)NC. The Kier molecular flexibility index (Phi) is 11.7. The molecule has 0 radical (unpaired) electrons. The van der Waals surface area contributed by atoms with Crippen LogP contribution in [0.25, 0.3) is 0 Å². The van der Waals surface area contributed by atoms with Crippen molar-refractivity contribution in [1.82, 2.24) is 5.32 Å². The molecule has 0 amide bonds. The van der Waals surface area contributed by atoms with E-state index in [9.17, 15) is 0 Å². The van der Waals surface area contributed by atoms with Gasteiger partial charge in [-0.1, -0.05) is 58.3 Å². The molecule has 0 bridgehead atoms. The Morgan fingerprint density at radius 3 is 1.89 bits per heavy atom. The largest absolute Gasteiger partial charge is 0.374 e. The van der Waals surface area contributed by atoms with Gasteiger partial charge in [-0.15, -0.1) is 0 Å². The van der Waals surface area contributed by atoms with E-state index >= 15 is 0 Å². The molecule has 1 N–H and O–H groups in total. The Morgan fingerprint density at radius 1 is 0.895 bits per heavy atom. The second-order valence-corrected chi connectivity index (χ2v) is 6.67. The van der Waals surface area contributed by atoms with Crippen LogP contribution in [0.2, 0.25) is 0 Å². The molecule has 0 aromatic heterocycles. The molecule has 0 saturated heterocycles. The highest BCUT2D eigenvalue weighted by molar-refractivity contribution is 4.67. The number of unbranched alkanes of at least 4 members (excludes halogenated alkanes) is 7. The van der Waals surface area contributed by atoms with Gasteiger partial charge in [-0.2, -0.15) is 0 Å². The quantitative estimate of drug-likeness (QED) is 0.509. The molecule has 1 atom stereocenters. The molecular formula is C17H37NO. The lowest BCUT2D eigenvalue weighted by atomic mass is 10.0. The van der Waals surface area contributed by atoms with Crippen LogP contribution in [0.15, 0.2) is 0 Å². The smallest absolute Gasteiger partial charge is 0.0626 e. The molecule has 0 fully saturated rings. The van der Waals surface area contributed by atoms with Gasteiger partial charge in [-0.3, -0.25) is 0 Å². The molecule has 0 aromatic rings. The first-order valence-electron chi connectivity index (χ1n) is 8.31. The molecule has 2 nitrogen and oxygen atoms in total. The number of likely N-dealkylation sites (N-methyl/N-ethyl adjacent to an activating group) is 1. The van der Waals surface area contributed by atoms with Crippen molar-refractivity contribution in [3.63, 3.8) is 0 Å². The maximum absolute atomic E-state index is 5.84. The lowest BCUT2D eigenvalue weighted by molar-refractivity contribution is -0.0147. The van der Waals surface area contributed by atoms with Gasteiger partial charge >= 0.3 is 0 Å². The van der Waals surface area contributed by atoms with Gasteiger partial charge in [0, 0.05) is 6.04 Å². The predicted octanol–water partition coefficient (Wildman–Crippen LogP) is 4.92. The molecule has 2 heteroatoms. The van der Waals surface area contributed by atoms with E-state index in [-0.39, 0.29) is 5.60 Å². The number of nitrogens with one attached hydrogen (secondary N) is 1. The summed E-state index contributed by atoms with van der Waals surface area (Å²) in [6, 6.07) is 0.513. The van der Waals surface area contributed by atoms with Crippen molar-refractivity contribution in [3.05, 3.63) is 0 Å². The van der Waals surface area contributed by atoms with Crippen molar-refractivity contribution < 1.29 is 4.74 Å². The van der Waals surface area contributed by atoms with Gasteiger partial charge in [0.2, 0.25) is 0 Å².